The molecule has 0 fully saturated rings. The molecule has 2 aromatic rings. The average molecular weight is 247 g/mol. The lowest BCUT2D eigenvalue weighted by Crippen LogP contribution is -2.20. The van der Waals surface area contributed by atoms with Gasteiger partial charge >= 0.3 is 0 Å². The molecule has 0 aliphatic carbocycles. The van der Waals surface area contributed by atoms with Gasteiger partial charge in [-0.3, -0.25) is 4.68 Å². The molecule has 0 unspecified atom stereocenters. The molecule has 0 saturated heterocycles. The molecule has 0 aliphatic rings. The molecular formula is C14H18FN3. The highest BCUT2D eigenvalue weighted by Crippen LogP contribution is 2.06. The highest BCUT2D eigenvalue weighted by Gasteiger charge is 2.00. The van der Waals surface area contributed by atoms with Crippen LogP contribution in [0.5, 0.6) is 0 Å². The predicted molar refractivity (Wildman–Crippen MR) is 69.9 cm³/mol. The van der Waals surface area contributed by atoms with Gasteiger partial charge in [0.1, 0.15) is 5.82 Å². The van der Waals surface area contributed by atoms with Crippen LogP contribution in [-0.2, 0) is 19.9 Å². The Morgan fingerprint density at radius 2 is 2.00 bits per heavy atom. The van der Waals surface area contributed by atoms with Crippen LogP contribution >= 0.6 is 0 Å². The van der Waals surface area contributed by atoms with E-state index >= 15 is 0 Å². The van der Waals surface area contributed by atoms with Crippen LogP contribution in [0.15, 0.2) is 36.7 Å². The number of aryl methyl sites for hydroxylation is 1. The summed E-state index contributed by atoms with van der Waals surface area (Å²) in [6, 6.07) is 6.92. The molecule has 96 valence electrons. The first kappa shape index (κ1) is 12.8. The summed E-state index contributed by atoms with van der Waals surface area (Å²) in [5, 5.41) is 7.43. The standard InChI is InChI=1S/C14H18FN3/c1-18-11-12(10-17-18)6-8-16-9-7-13-4-2-3-5-14(13)15/h2-5,10-11,16H,6-9H2,1H3. The van der Waals surface area contributed by atoms with Crippen LogP contribution in [0, 0.1) is 5.82 Å². The average Bonchev–Trinajstić information content (AvgIpc) is 2.77. The highest BCUT2D eigenvalue weighted by molar-refractivity contribution is 5.17. The lowest BCUT2D eigenvalue weighted by molar-refractivity contribution is 0.598. The Hall–Kier alpha value is -1.68. The molecule has 0 saturated carbocycles. The molecule has 0 atom stereocenters. The van der Waals surface area contributed by atoms with Crippen molar-refractivity contribution in [1.82, 2.24) is 15.1 Å². The number of aromatic nitrogens is 2. The van der Waals surface area contributed by atoms with Gasteiger partial charge in [0, 0.05) is 13.2 Å². The van der Waals surface area contributed by atoms with Crippen molar-refractivity contribution in [1.29, 1.82) is 0 Å². The molecule has 0 spiro atoms. The van der Waals surface area contributed by atoms with Gasteiger partial charge in [0.2, 0.25) is 0 Å². The fourth-order valence-electron chi connectivity index (χ4n) is 1.88. The Morgan fingerprint density at radius 3 is 2.72 bits per heavy atom. The Labute approximate surface area is 107 Å². The van der Waals surface area contributed by atoms with E-state index in [-0.39, 0.29) is 5.82 Å². The maximum Gasteiger partial charge on any atom is 0.126 e. The first-order chi connectivity index (χ1) is 8.75. The minimum Gasteiger partial charge on any atom is -0.316 e. The zero-order chi connectivity index (χ0) is 12.8. The number of nitrogens with zero attached hydrogens (tertiary/aromatic N) is 2. The molecule has 1 aromatic heterocycles. The summed E-state index contributed by atoms with van der Waals surface area (Å²) in [7, 11) is 1.91. The van der Waals surface area contributed by atoms with Gasteiger partial charge in [-0.05, 0) is 43.1 Å². The molecule has 0 aliphatic heterocycles. The second kappa shape index (κ2) is 6.31. The van der Waals surface area contributed by atoms with E-state index < -0.39 is 0 Å². The summed E-state index contributed by atoms with van der Waals surface area (Å²) in [4.78, 5) is 0. The molecular weight excluding hydrogens is 229 g/mol. The third-order valence-corrected chi connectivity index (χ3v) is 2.88. The zero-order valence-corrected chi connectivity index (χ0v) is 10.6. The molecule has 0 bridgehead atoms. The van der Waals surface area contributed by atoms with Crippen molar-refractivity contribution in [3.8, 4) is 0 Å². The molecule has 0 amide bonds. The Bertz CT molecular complexity index is 493. The van der Waals surface area contributed by atoms with Gasteiger partial charge in [0.15, 0.2) is 0 Å². The molecule has 1 N–H and O–H groups in total. The normalized spacial score (nSPS) is 10.8. The highest BCUT2D eigenvalue weighted by atomic mass is 19.1. The van der Waals surface area contributed by atoms with Crippen LogP contribution < -0.4 is 5.32 Å². The minimum atomic E-state index is -0.119. The maximum atomic E-state index is 13.3. The van der Waals surface area contributed by atoms with Crippen LogP contribution in [0.4, 0.5) is 4.39 Å². The first-order valence-electron chi connectivity index (χ1n) is 6.17. The summed E-state index contributed by atoms with van der Waals surface area (Å²) >= 11 is 0. The van der Waals surface area contributed by atoms with Gasteiger partial charge in [0.25, 0.3) is 0 Å². The van der Waals surface area contributed by atoms with Gasteiger partial charge in [-0.25, -0.2) is 4.39 Å². The second-order valence-corrected chi connectivity index (χ2v) is 4.36. The van der Waals surface area contributed by atoms with E-state index in [0.29, 0.717) is 0 Å². The Morgan fingerprint density at radius 1 is 1.22 bits per heavy atom. The smallest absolute Gasteiger partial charge is 0.126 e. The SMILES string of the molecule is Cn1cc(CCNCCc2ccccc2F)cn1. The van der Waals surface area contributed by atoms with E-state index in [2.05, 4.69) is 10.4 Å². The molecule has 1 aromatic carbocycles. The summed E-state index contributed by atoms with van der Waals surface area (Å²) in [6.45, 7) is 1.68. The number of benzene rings is 1. The maximum absolute atomic E-state index is 13.3. The Balaban J connectivity index is 1.66. The van der Waals surface area contributed by atoms with E-state index in [4.69, 9.17) is 0 Å². The van der Waals surface area contributed by atoms with E-state index in [1.807, 2.05) is 31.6 Å². The third kappa shape index (κ3) is 3.67. The summed E-state index contributed by atoms with van der Waals surface area (Å²) in [5.41, 5.74) is 1.99. The van der Waals surface area contributed by atoms with Gasteiger partial charge < -0.3 is 5.32 Å². The van der Waals surface area contributed by atoms with Crippen molar-refractivity contribution in [2.45, 2.75) is 12.8 Å². The van der Waals surface area contributed by atoms with E-state index in [9.17, 15) is 4.39 Å². The summed E-state index contributed by atoms with van der Waals surface area (Å²) in [6.07, 6.45) is 5.56. The number of rotatable bonds is 6. The number of hydrogen-bond acceptors (Lipinski definition) is 2. The number of halogens is 1. The summed E-state index contributed by atoms with van der Waals surface area (Å²) < 4.78 is 15.1. The lowest BCUT2D eigenvalue weighted by atomic mass is 10.1. The zero-order valence-electron chi connectivity index (χ0n) is 10.6. The molecule has 0 radical (unpaired) electrons. The van der Waals surface area contributed by atoms with Crippen molar-refractivity contribution in [2.24, 2.45) is 7.05 Å². The van der Waals surface area contributed by atoms with Gasteiger partial charge in [-0.2, -0.15) is 5.10 Å². The van der Waals surface area contributed by atoms with Crippen molar-refractivity contribution in [3.63, 3.8) is 0 Å². The van der Waals surface area contributed by atoms with Crippen molar-refractivity contribution >= 4 is 0 Å². The molecule has 2 rings (SSSR count). The monoisotopic (exact) mass is 247 g/mol. The summed E-state index contributed by atoms with van der Waals surface area (Å²) in [5.74, 6) is -0.119. The van der Waals surface area contributed by atoms with E-state index in [1.165, 1.54) is 11.6 Å². The minimum absolute atomic E-state index is 0.119. The molecule has 4 heteroatoms. The van der Waals surface area contributed by atoms with Gasteiger partial charge in [-0.15, -0.1) is 0 Å². The Kier molecular flexibility index (Phi) is 4.47. The third-order valence-electron chi connectivity index (χ3n) is 2.88. The molecule has 18 heavy (non-hydrogen) atoms. The quantitative estimate of drug-likeness (QED) is 0.791. The van der Waals surface area contributed by atoms with Crippen molar-refractivity contribution < 1.29 is 4.39 Å². The fourth-order valence-corrected chi connectivity index (χ4v) is 1.88. The number of hydrogen-bond donors (Lipinski definition) is 1. The lowest BCUT2D eigenvalue weighted by Gasteiger charge is -2.04. The molecule has 1 heterocycles. The van der Waals surface area contributed by atoms with Crippen LogP contribution in [0.1, 0.15) is 11.1 Å². The van der Waals surface area contributed by atoms with Crippen molar-refractivity contribution in [3.05, 3.63) is 53.6 Å². The first-order valence-corrected chi connectivity index (χ1v) is 6.17. The van der Waals surface area contributed by atoms with Crippen LogP contribution in [0.25, 0.3) is 0 Å². The second-order valence-electron chi connectivity index (χ2n) is 4.36. The van der Waals surface area contributed by atoms with Crippen molar-refractivity contribution in [2.75, 3.05) is 13.1 Å². The van der Waals surface area contributed by atoms with Crippen LogP contribution in [0.3, 0.4) is 0 Å². The van der Waals surface area contributed by atoms with E-state index in [1.54, 1.807) is 10.7 Å². The predicted octanol–water partition coefficient (Wildman–Crippen LogP) is 1.93. The van der Waals surface area contributed by atoms with Gasteiger partial charge in [0.05, 0.1) is 6.20 Å². The topological polar surface area (TPSA) is 29.9 Å². The van der Waals surface area contributed by atoms with Crippen LogP contribution in [-0.4, -0.2) is 22.9 Å². The van der Waals surface area contributed by atoms with Gasteiger partial charge in [-0.1, -0.05) is 18.2 Å². The largest absolute Gasteiger partial charge is 0.316 e. The fraction of sp³-hybridized carbons (Fsp3) is 0.357. The van der Waals surface area contributed by atoms with E-state index in [0.717, 1.165) is 31.5 Å². The number of nitrogens with one attached hydrogen (secondary N) is 1. The molecule has 3 nitrogen and oxygen atoms in total. The van der Waals surface area contributed by atoms with Crippen LogP contribution in [0.2, 0.25) is 0 Å².